The molecule has 1 aromatic rings. The van der Waals surface area contributed by atoms with E-state index < -0.39 is 34.9 Å². The first-order valence-electron chi connectivity index (χ1n) is 6.57. The largest absolute Gasteiger partial charge is 0.497 e. The van der Waals surface area contributed by atoms with Gasteiger partial charge in [-0.3, -0.25) is 13.8 Å². The summed E-state index contributed by atoms with van der Waals surface area (Å²) in [5, 5.41) is 0. The maximum absolute atomic E-state index is 14.2. The lowest BCUT2D eigenvalue weighted by Crippen LogP contribution is -2.41. The summed E-state index contributed by atoms with van der Waals surface area (Å²) in [7, 11) is -3.73. The number of rotatable bonds is 3. The molecule has 1 fully saturated rings. The summed E-state index contributed by atoms with van der Waals surface area (Å²) in [6, 6.07) is 4.27. The molecule has 0 spiro atoms. The van der Waals surface area contributed by atoms with Crippen molar-refractivity contribution in [3.05, 3.63) is 24.0 Å². The zero-order valence-corrected chi connectivity index (χ0v) is 13.6. The molecule has 0 amide bonds. The Morgan fingerprint density at radius 1 is 1.14 bits per heavy atom. The van der Waals surface area contributed by atoms with E-state index in [-0.39, 0.29) is 11.2 Å². The van der Waals surface area contributed by atoms with E-state index in [2.05, 4.69) is 4.72 Å². The maximum atomic E-state index is 14.2. The van der Waals surface area contributed by atoms with Crippen LogP contribution in [0.25, 0.3) is 0 Å². The third-order valence-electron chi connectivity index (χ3n) is 3.82. The number of hydrogen-bond donors (Lipinski definition) is 3. The molecule has 1 heterocycles. The molecule has 8 heteroatoms. The minimum Gasteiger partial charge on any atom is -0.399 e. The van der Waals surface area contributed by atoms with E-state index in [0.717, 1.165) is 0 Å². The lowest BCUT2D eigenvalue weighted by Gasteiger charge is -2.32. The van der Waals surface area contributed by atoms with E-state index in [1.54, 1.807) is 6.07 Å². The van der Waals surface area contributed by atoms with Gasteiger partial charge in [-0.1, -0.05) is 6.07 Å². The SMILES string of the molecule is CC1(C)OB(c2ccc(NS(C)(O)O)cc2F)OC1(C)C. The Hall–Kier alpha value is -0.795. The highest BCUT2D eigenvalue weighted by Crippen LogP contribution is 2.37. The Balaban J connectivity index is 2.23. The van der Waals surface area contributed by atoms with E-state index in [0.29, 0.717) is 0 Å². The Morgan fingerprint density at radius 2 is 1.67 bits per heavy atom. The van der Waals surface area contributed by atoms with Gasteiger partial charge in [-0.2, -0.15) is 0 Å². The van der Waals surface area contributed by atoms with Gasteiger partial charge in [0.1, 0.15) is 5.82 Å². The average Bonchev–Trinajstić information content (AvgIpc) is 2.45. The number of hydrogen-bond acceptors (Lipinski definition) is 5. The molecule has 0 bridgehead atoms. The Bertz CT molecular complexity index is 531. The van der Waals surface area contributed by atoms with Crippen LogP contribution in [0.15, 0.2) is 18.2 Å². The average molecular weight is 317 g/mol. The van der Waals surface area contributed by atoms with Crippen molar-refractivity contribution in [2.75, 3.05) is 11.0 Å². The summed E-state index contributed by atoms with van der Waals surface area (Å²) < 4.78 is 46.9. The third kappa shape index (κ3) is 3.52. The van der Waals surface area contributed by atoms with E-state index in [1.807, 2.05) is 27.7 Å². The standard InChI is InChI=1S/C13H21BFNO4S/c1-12(2)13(3,4)20-14(19-12)10-7-6-9(8-11(10)15)16-21(5,17)18/h6-8,16-18H,1-5H3. The van der Waals surface area contributed by atoms with Crippen LogP contribution in [0.2, 0.25) is 0 Å². The minimum atomic E-state index is -2.94. The molecule has 0 unspecified atom stereocenters. The lowest BCUT2D eigenvalue weighted by molar-refractivity contribution is 0.00578. The Morgan fingerprint density at radius 3 is 2.10 bits per heavy atom. The van der Waals surface area contributed by atoms with Crippen molar-refractivity contribution in [2.24, 2.45) is 0 Å². The van der Waals surface area contributed by atoms with Crippen LogP contribution in [0.3, 0.4) is 0 Å². The Kier molecular flexibility index (Phi) is 4.05. The van der Waals surface area contributed by atoms with Crippen molar-refractivity contribution in [1.29, 1.82) is 0 Å². The molecule has 1 aromatic carbocycles. The fourth-order valence-corrected chi connectivity index (χ4v) is 2.55. The monoisotopic (exact) mass is 317 g/mol. The molecule has 0 aromatic heterocycles. The van der Waals surface area contributed by atoms with Crippen molar-refractivity contribution in [1.82, 2.24) is 0 Å². The molecule has 3 N–H and O–H groups in total. The predicted molar refractivity (Wildman–Crippen MR) is 84.5 cm³/mol. The van der Waals surface area contributed by atoms with Crippen LogP contribution in [0, 0.1) is 5.82 Å². The van der Waals surface area contributed by atoms with Crippen molar-refractivity contribution in [3.63, 3.8) is 0 Å². The van der Waals surface area contributed by atoms with Crippen LogP contribution < -0.4 is 10.2 Å². The first-order chi connectivity index (χ1) is 9.41. The quantitative estimate of drug-likeness (QED) is 0.748. The van der Waals surface area contributed by atoms with Gasteiger partial charge < -0.3 is 9.31 Å². The summed E-state index contributed by atoms with van der Waals surface area (Å²) in [6.07, 6.45) is 1.23. The van der Waals surface area contributed by atoms with Gasteiger partial charge in [0.2, 0.25) is 0 Å². The molecule has 21 heavy (non-hydrogen) atoms. The zero-order valence-electron chi connectivity index (χ0n) is 12.8. The molecule has 1 saturated heterocycles. The van der Waals surface area contributed by atoms with Crippen LogP contribution in [0.4, 0.5) is 10.1 Å². The van der Waals surface area contributed by atoms with Crippen molar-refractivity contribution in [2.45, 2.75) is 38.9 Å². The van der Waals surface area contributed by atoms with Crippen LogP contribution in [0.5, 0.6) is 0 Å². The first kappa shape index (κ1) is 16.6. The van der Waals surface area contributed by atoms with Crippen LogP contribution in [-0.2, 0) is 9.31 Å². The summed E-state index contributed by atoms with van der Waals surface area (Å²) >= 11 is 0. The van der Waals surface area contributed by atoms with Gasteiger partial charge in [0.15, 0.2) is 0 Å². The van der Waals surface area contributed by atoms with E-state index in [9.17, 15) is 13.5 Å². The van der Waals surface area contributed by atoms with Gasteiger partial charge in [-0.05, 0) is 39.8 Å². The zero-order chi connectivity index (χ0) is 16.1. The second kappa shape index (κ2) is 5.14. The van der Waals surface area contributed by atoms with Crippen LogP contribution in [0.1, 0.15) is 27.7 Å². The second-order valence-electron chi connectivity index (χ2n) is 6.26. The summed E-state index contributed by atoms with van der Waals surface area (Å²) in [6.45, 7) is 7.58. The second-order valence-corrected chi connectivity index (χ2v) is 8.13. The minimum absolute atomic E-state index is 0.284. The molecular formula is C13H21BFNO4S. The van der Waals surface area contributed by atoms with Crippen molar-refractivity contribution < 1.29 is 22.8 Å². The predicted octanol–water partition coefficient (Wildman–Crippen LogP) is 2.83. The number of halogens is 1. The van der Waals surface area contributed by atoms with Gasteiger partial charge in [-0.15, -0.1) is 10.8 Å². The van der Waals surface area contributed by atoms with E-state index >= 15 is 0 Å². The lowest BCUT2D eigenvalue weighted by atomic mass is 9.78. The van der Waals surface area contributed by atoms with Crippen LogP contribution in [-0.4, -0.2) is 33.7 Å². The molecule has 0 atom stereocenters. The highest BCUT2D eigenvalue weighted by Gasteiger charge is 2.52. The van der Waals surface area contributed by atoms with E-state index in [1.165, 1.54) is 18.4 Å². The molecule has 1 aliphatic rings. The summed E-state index contributed by atoms with van der Waals surface area (Å²) in [5.41, 5.74) is -0.512. The normalized spacial score (nSPS) is 21.4. The van der Waals surface area contributed by atoms with Gasteiger partial charge in [0.25, 0.3) is 0 Å². The highest BCUT2D eigenvalue weighted by atomic mass is 32.3. The summed E-state index contributed by atoms with van der Waals surface area (Å²) in [4.78, 5) is 0. The Labute approximate surface area is 126 Å². The molecule has 0 radical (unpaired) electrons. The van der Waals surface area contributed by atoms with Gasteiger partial charge in [0, 0.05) is 11.7 Å². The van der Waals surface area contributed by atoms with Gasteiger partial charge >= 0.3 is 7.12 Å². The fourth-order valence-electron chi connectivity index (χ4n) is 1.98. The smallest absolute Gasteiger partial charge is 0.399 e. The molecule has 2 rings (SSSR count). The van der Waals surface area contributed by atoms with Gasteiger partial charge in [0.05, 0.1) is 16.9 Å². The number of benzene rings is 1. The first-order valence-corrected chi connectivity index (χ1v) is 8.53. The number of nitrogens with one attached hydrogen (secondary N) is 1. The van der Waals surface area contributed by atoms with E-state index in [4.69, 9.17) is 9.31 Å². The molecule has 0 saturated carbocycles. The van der Waals surface area contributed by atoms with Crippen molar-refractivity contribution >= 4 is 29.0 Å². The molecule has 5 nitrogen and oxygen atoms in total. The molecular weight excluding hydrogens is 296 g/mol. The van der Waals surface area contributed by atoms with Gasteiger partial charge in [-0.25, -0.2) is 4.39 Å². The molecule has 118 valence electrons. The topological polar surface area (TPSA) is 71.0 Å². The third-order valence-corrected chi connectivity index (χ3v) is 4.44. The summed E-state index contributed by atoms with van der Waals surface area (Å²) in [5.74, 6) is -0.526. The van der Waals surface area contributed by atoms with Crippen LogP contribution >= 0.6 is 10.8 Å². The fraction of sp³-hybridized carbons (Fsp3) is 0.538. The maximum Gasteiger partial charge on any atom is 0.497 e. The molecule has 1 aliphatic heterocycles. The number of anilines is 1. The molecule has 0 aliphatic carbocycles. The highest BCUT2D eigenvalue weighted by molar-refractivity contribution is 8.24. The van der Waals surface area contributed by atoms with Crippen molar-refractivity contribution in [3.8, 4) is 0 Å².